The summed E-state index contributed by atoms with van der Waals surface area (Å²) in [5.41, 5.74) is 1.70. The summed E-state index contributed by atoms with van der Waals surface area (Å²) in [5.74, 6) is 2.51. The van der Waals surface area contributed by atoms with Crippen LogP contribution >= 0.6 is 0 Å². The summed E-state index contributed by atoms with van der Waals surface area (Å²) in [6.07, 6.45) is 0.834. The summed E-state index contributed by atoms with van der Waals surface area (Å²) in [5, 5.41) is 3.97. The zero-order valence-electron chi connectivity index (χ0n) is 18.7. The quantitative estimate of drug-likeness (QED) is 0.585. The van der Waals surface area contributed by atoms with Crippen LogP contribution in [0.2, 0.25) is 0 Å². The molecule has 1 aliphatic rings. The first-order chi connectivity index (χ1) is 15.6. The Labute approximate surface area is 187 Å². The summed E-state index contributed by atoms with van der Waals surface area (Å²) < 4.78 is 16.4. The molecule has 1 fully saturated rings. The number of carbonyl (C=O) groups excluding carboxylic acids is 1. The van der Waals surface area contributed by atoms with Gasteiger partial charge in [-0.1, -0.05) is 29.4 Å². The first kappa shape index (κ1) is 21.8. The van der Waals surface area contributed by atoms with E-state index in [0.717, 1.165) is 30.0 Å². The van der Waals surface area contributed by atoms with Crippen LogP contribution in [0.15, 0.2) is 53.1 Å². The van der Waals surface area contributed by atoms with Crippen molar-refractivity contribution in [1.29, 1.82) is 0 Å². The molecule has 1 atom stereocenters. The van der Waals surface area contributed by atoms with Crippen LogP contribution in [0.4, 0.5) is 0 Å². The van der Waals surface area contributed by atoms with Gasteiger partial charge in [0.05, 0.1) is 14.2 Å². The number of rotatable bonds is 6. The Balaban J connectivity index is 1.61. The fourth-order valence-electron chi connectivity index (χ4n) is 4.07. The number of aromatic nitrogens is 2. The first-order valence-corrected chi connectivity index (χ1v) is 10.7. The second-order valence-electron chi connectivity index (χ2n) is 7.83. The van der Waals surface area contributed by atoms with Crippen molar-refractivity contribution in [2.24, 2.45) is 0 Å². The third-order valence-electron chi connectivity index (χ3n) is 5.68. The smallest absolute Gasteiger partial charge is 0.254 e. The molecule has 0 N–H and O–H groups in total. The van der Waals surface area contributed by atoms with Crippen LogP contribution in [0.5, 0.6) is 11.5 Å². The number of ether oxygens (including phenoxy) is 2. The molecule has 4 rings (SSSR count). The molecule has 32 heavy (non-hydrogen) atoms. The highest BCUT2D eigenvalue weighted by atomic mass is 16.5. The van der Waals surface area contributed by atoms with Gasteiger partial charge in [0.15, 0.2) is 5.82 Å². The van der Waals surface area contributed by atoms with Crippen molar-refractivity contribution in [3.05, 3.63) is 71.4 Å². The number of methoxy groups -OCH3 is 2. The van der Waals surface area contributed by atoms with E-state index in [1.54, 1.807) is 21.1 Å². The van der Waals surface area contributed by atoms with Crippen molar-refractivity contribution >= 4 is 5.91 Å². The topological polar surface area (TPSA) is 80.9 Å². The molecule has 0 spiro atoms. The molecule has 1 aromatic heterocycles. The summed E-state index contributed by atoms with van der Waals surface area (Å²) >= 11 is 0. The minimum absolute atomic E-state index is 0.0321. The zero-order chi connectivity index (χ0) is 22.5. The summed E-state index contributed by atoms with van der Waals surface area (Å²) in [6.45, 7) is 4.47. The van der Waals surface area contributed by atoms with Crippen molar-refractivity contribution in [3.63, 3.8) is 0 Å². The molecule has 1 unspecified atom stereocenters. The molecule has 0 aliphatic carbocycles. The lowest BCUT2D eigenvalue weighted by Crippen LogP contribution is -2.38. The molecule has 0 bridgehead atoms. The molecule has 8 nitrogen and oxygen atoms in total. The Kier molecular flexibility index (Phi) is 6.70. The molecular formula is C24H28N4O4. The van der Waals surface area contributed by atoms with Gasteiger partial charge in [-0.25, -0.2) is 0 Å². The second kappa shape index (κ2) is 9.82. The Hall–Kier alpha value is -3.39. The molecule has 2 heterocycles. The van der Waals surface area contributed by atoms with Gasteiger partial charge >= 0.3 is 0 Å². The van der Waals surface area contributed by atoms with Crippen molar-refractivity contribution < 1.29 is 18.8 Å². The zero-order valence-corrected chi connectivity index (χ0v) is 18.7. The standard InChI is InChI=1S/C24H28N4O4/c1-17-25-23(32-26-17)21-16-27(15-19-10-11-20(30-2)14-22(19)31-3)12-7-13-28(21)24(29)18-8-5-4-6-9-18/h4-6,8-11,14,21H,7,12-13,15-16H2,1-3H3. The van der Waals surface area contributed by atoms with E-state index in [1.165, 1.54) is 0 Å². The molecule has 1 amide bonds. The van der Waals surface area contributed by atoms with Crippen LogP contribution < -0.4 is 9.47 Å². The largest absolute Gasteiger partial charge is 0.497 e. The maximum Gasteiger partial charge on any atom is 0.254 e. The minimum Gasteiger partial charge on any atom is -0.497 e. The maximum absolute atomic E-state index is 13.4. The van der Waals surface area contributed by atoms with Gasteiger partial charge in [-0.05, 0) is 31.5 Å². The van der Waals surface area contributed by atoms with Crippen molar-refractivity contribution in [3.8, 4) is 11.5 Å². The summed E-state index contributed by atoms with van der Waals surface area (Å²) in [4.78, 5) is 22.0. The summed E-state index contributed by atoms with van der Waals surface area (Å²) in [6, 6.07) is 14.8. The number of benzene rings is 2. The van der Waals surface area contributed by atoms with E-state index < -0.39 is 0 Å². The van der Waals surface area contributed by atoms with E-state index in [4.69, 9.17) is 14.0 Å². The van der Waals surface area contributed by atoms with Crippen molar-refractivity contribution in [2.75, 3.05) is 33.9 Å². The van der Waals surface area contributed by atoms with Gasteiger partial charge in [0, 0.05) is 43.4 Å². The molecule has 0 saturated carbocycles. The van der Waals surface area contributed by atoms with Crippen LogP contribution in [0.25, 0.3) is 0 Å². The highest BCUT2D eigenvalue weighted by molar-refractivity contribution is 5.94. The van der Waals surface area contributed by atoms with E-state index in [-0.39, 0.29) is 11.9 Å². The Morgan fingerprint density at radius 2 is 1.94 bits per heavy atom. The van der Waals surface area contributed by atoms with Gasteiger partial charge in [0.1, 0.15) is 17.5 Å². The highest BCUT2D eigenvalue weighted by Crippen LogP contribution is 2.30. The molecule has 0 radical (unpaired) electrons. The Morgan fingerprint density at radius 3 is 2.62 bits per heavy atom. The number of carbonyl (C=O) groups is 1. The average molecular weight is 437 g/mol. The number of aryl methyl sites for hydroxylation is 1. The molecule has 3 aromatic rings. The average Bonchev–Trinajstić information content (AvgIpc) is 3.15. The first-order valence-electron chi connectivity index (χ1n) is 10.7. The second-order valence-corrected chi connectivity index (χ2v) is 7.83. The van der Waals surface area contributed by atoms with Crippen LogP contribution in [-0.4, -0.2) is 59.7 Å². The molecular weight excluding hydrogens is 408 g/mol. The van der Waals surface area contributed by atoms with Crippen LogP contribution in [0.1, 0.15) is 40.1 Å². The predicted octanol–water partition coefficient (Wildman–Crippen LogP) is 3.48. The van der Waals surface area contributed by atoms with Crippen molar-refractivity contribution in [2.45, 2.75) is 25.9 Å². The van der Waals surface area contributed by atoms with Gasteiger partial charge in [-0.2, -0.15) is 4.98 Å². The third-order valence-corrected chi connectivity index (χ3v) is 5.68. The molecule has 1 aliphatic heterocycles. The number of hydrogen-bond acceptors (Lipinski definition) is 7. The Bertz CT molecular complexity index is 1050. The SMILES string of the molecule is COc1ccc(CN2CCCN(C(=O)c3ccccc3)C(c3nc(C)no3)C2)c(OC)c1. The van der Waals surface area contributed by atoms with E-state index >= 15 is 0 Å². The van der Waals surface area contributed by atoms with E-state index in [2.05, 4.69) is 15.0 Å². The Morgan fingerprint density at radius 1 is 1.12 bits per heavy atom. The van der Waals surface area contributed by atoms with Gasteiger partial charge in [0.25, 0.3) is 11.8 Å². The summed E-state index contributed by atoms with van der Waals surface area (Å²) in [7, 11) is 3.30. The normalized spacial score (nSPS) is 17.1. The van der Waals surface area contributed by atoms with Gasteiger partial charge in [-0.15, -0.1) is 0 Å². The lowest BCUT2D eigenvalue weighted by molar-refractivity contribution is 0.0631. The van der Waals surface area contributed by atoms with Gasteiger partial charge in [0.2, 0.25) is 0 Å². The molecule has 168 valence electrons. The monoisotopic (exact) mass is 436 g/mol. The van der Waals surface area contributed by atoms with Crippen LogP contribution in [-0.2, 0) is 6.54 Å². The number of amides is 1. The maximum atomic E-state index is 13.4. The molecule has 1 saturated heterocycles. The minimum atomic E-state index is -0.337. The van der Waals surface area contributed by atoms with E-state index in [0.29, 0.717) is 36.9 Å². The fraction of sp³-hybridized carbons (Fsp3) is 0.375. The molecule has 8 heteroatoms. The highest BCUT2D eigenvalue weighted by Gasteiger charge is 2.34. The number of hydrogen-bond donors (Lipinski definition) is 0. The van der Waals surface area contributed by atoms with E-state index in [1.807, 2.05) is 53.4 Å². The van der Waals surface area contributed by atoms with Gasteiger partial charge in [-0.3, -0.25) is 9.69 Å². The van der Waals surface area contributed by atoms with Crippen molar-refractivity contribution in [1.82, 2.24) is 19.9 Å². The lowest BCUT2D eigenvalue weighted by atomic mass is 10.1. The lowest BCUT2D eigenvalue weighted by Gasteiger charge is -2.29. The number of nitrogens with zero attached hydrogens (tertiary/aromatic N) is 4. The van der Waals surface area contributed by atoms with E-state index in [9.17, 15) is 4.79 Å². The van der Waals surface area contributed by atoms with Gasteiger partial charge < -0.3 is 18.9 Å². The molecule has 2 aromatic carbocycles. The third kappa shape index (κ3) is 4.75. The fourth-order valence-corrected chi connectivity index (χ4v) is 4.07. The predicted molar refractivity (Wildman–Crippen MR) is 119 cm³/mol. The van der Waals surface area contributed by atoms with Crippen LogP contribution in [0, 0.1) is 6.92 Å². The van der Waals surface area contributed by atoms with Crippen LogP contribution in [0.3, 0.4) is 0 Å².